The maximum atomic E-state index is 5.50. The van der Waals surface area contributed by atoms with Crippen molar-refractivity contribution in [2.24, 2.45) is 5.92 Å². The summed E-state index contributed by atoms with van der Waals surface area (Å²) < 4.78 is 5.50. The van der Waals surface area contributed by atoms with Crippen LogP contribution in [0.4, 0.5) is 5.82 Å². The summed E-state index contributed by atoms with van der Waals surface area (Å²) in [7, 11) is 0. The second kappa shape index (κ2) is 7.31. The molecule has 102 valence electrons. The molecule has 4 nitrogen and oxygen atoms in total. The van der Waals surface area contributed by atoms with Gasteiger partial charge in [0.05, 0.1) is 12.6 Å². The van der Waals surface area contributed by atoms with Crippen molar-refractivity contribution in [1.29, 1.82) is 0 Å². The van der Waals surface area contributed by atoms with Crippen LogP contribution in [0.15, 0.2) is 12.4 Å². The summed E-state index contributed by atoms with van der Waals surface area (Å²) in [5.41, 5.74) is 1.06. The molecule has 0 bridgehead atoms. The molecule has 1 rings (SSSR count). The molecular weight excluding hydrogens is 226 g/mol. The van der Waals surface area contributed by atoms with Gasteiger partial charge in [0, 0.05) is 18.4 Å². The van der Waals surface area contributed by atoms with E-state index in [1.165, 1.54) is 0 Å². The molecule has 0 aliphatic rings. The zero-order valence-corrected chi connectivity index (χ0v) is 12.1. The standard InChI is InChI=1S/C14H25N3O/c1-6-18-8-13(11(4)5)17-14-7-12(10(2)3)15-9-16-14/h7,9-11,13H,6,8H2,1-5H3,(H,15,16,17). The SMILES string of the molecule is CCOCC(Nc1cc(C(C)C)ncn1)C(C)C. The van der Waals surface area contributed by atoms with E-state index in [-0.39, 0.29) is 6.04 Å². The van der Waals surface area contributed by atoms with Gasteiger partial charge in [0.15, 0.2) is 0 Å². The van der Waals surface area contributed by atoms with Crippen LogP contribution < -0.4 is 5.32 Å². The van der Waals surface area contributed by atoms with Crippen LogP contribution in [0.3, 0.4) is 0 Å². The lowest BCUT2D eigenvalue weighted by atomic mass is 10.1. The van der Waals surface area contributed by atoms with E-state index in [2.05, 4.69) is 43.0 Å². The Morgan fingerprint density at radius 1 is 1.22 bits per heavy atom. The van der Waals surface area contributed by atoms with E-state index in [1.807, 2.05) is 13.0 Å². The number of rotatable bonds is 7. The average molecular weight is 251 g/mol. The molecule has 1 atom stereocenters. The van der Waals surface area contributed by atoms with E-state index in [4.69, 9.17) is 4.74 Å². The van der Waals surface area contributed by atoms with Crippen molar-refractivity contribution in [2.45, 2.75) is 46.6 Å². The van der Waals surface area contributed by atoms with Gasteiger partial charge >= 0.3 is 0 Å². The van der Waals surface area contributed by atoms with Gasteiger partial charge in [-0.05, 0) is 18.8 Å². The first kappa shape index (κ1) is 14.9. The first-order chi connectivity index (χ1) is 8.54. The third-order valence-corrected chi connectivity index (χ3v) is 2.92. The van der Waals surface area contributed by atoms with Gasteiger partial charge in [-0.15, -0.1) is 0 Å². The molecule has 1 unspecified atom stereocenters. The van der Waals surface area contributed by atoms with Crippen molar-refractivity contribution in [2.75, 3.05) is 18.5 Å². The number of ether oxygens (including phenoxy) is 1. The first-order valence-electron chi connectivity index (χ1n) is 6.70. The maximum absolute atomic E-state index is 5.50. The Hall–Kier alpha value is -1.16. The van der Waals surface area contributed by atoms with Crippen LogP contribution >= 0.6 is 0 Å². The lowest BCUT2D eigenvalue weighted by Crippen LogP contribution is -2.31. The minimum atomic E-state index is 0.278. The van der Waals surface area contributed by atoms with E-state index in [1.54, 1.807) is 6.33 Å². The van der Waals surface area contributed by atoms with Gasteiger partial charge in [-0.2, -0.15) is 0 Å². The smallest absolute Gasteiger partial charge is 0.129 e. The van der Waals surface area contributed by atoms with Crippen LogP contribution in [0.2, 0.25) is 0 Å². The van der Waals surface area contributed by atoms with Crippen molar-refractivity contribution in [3.05, 3.63) is 18.1 Å². The predicted octanol–water partition coefficient (Wildman–Crippen LogP) is 3.07. The van der Waals surface area contributed by atoms with Crippen molar-refractivity contribution >= 4 is 5.82 Å². The molecule has 1 aromatic heterocycles. The van der Waals surface area contributed by atoms with Crippen molar-refractivity contribution in [3.63, 3.8) is 0 Å². The number of anilines is 1. The first-order valence-corrected chi connectivity index (χ1v) is 6.70. The maximum Gasteiger partial charge on any atom is 0.129 e. The predicted molar refractivity (Wildman–Crippen MR) is 74.9 cm³/mol. The molecule has 0 amide bonds. The number of aromatic nitrogens is 2. The molecule has 0 aromatic carbocycles. The fourth-order valence-electron chi connectivity index (χ4n) is 1.60. The zero-order valence-electron chi connectivity index (χ0n) is 12.1. The van der Waals surface area contributed by atoms with Gasteiger partial charge in [0.1, 0.15) is 12.1 Å². The van der Waals surface area contributed by atoms with Gasteiger partial charge in [0.25, 0.3) is 0 Å². The number of nitrogens with zero attached hydrogens (tertiary/aromatic N) is 2. The van der Waals surface area contributed by atoms with E-state index in [0.717, 1.165) is 18.1 Å². The Kier molecular flexibility index (Phi) is 6.05. The summed E-state index contributed by atoms with van der Waals surface area (Å²) in [4.78, 5) is 8.55. The normalized spacial score (nSPS) is 13.1. The fraction of sp³-hybridized carbons (Fsp3) is 0.714. The average Bonchev–Trinajstić information content (AvgIpc) is 2.34. The summed E-state index contributed by atoms with van der Waals surface area (Å²) in [6, 6.07) is 2.30. The second-order valence-electron chi connectivity index (χ2n) is 5.14. The second-order valence-corrected chi connectivity index (χ2v) is 5.14. The van der Waals surface area contributed by atoms with Gasteiger partial charge in [-0.3, -0.25) is 0 Å². The molecule has 0 aliphatic carbocycles. The summed E-state index contributed by atoms with van der Waals surface area (Å²) in [5.74, 6) is 1.79. The van der Waals surface area contributed by atoms with E-state index < -0.39 is 0 Å². The molecule has 1 heterocycles. The van der Waals surface area contributed by atoms with Crippen LogP contribution in [0.25, 0.3) is 0 Å². The minimum Gasteiger partial charge on any atom is -0.380 e. The summed E-state index contributed by atoms with van der Waals surface area (Å²) in [5, 5.41) is 3.43. The zero-order chi connectivity index (χ0) is 13.5. The highest BCUT2D eigenvalue weighted by atomic mass is 16.5. The monoisotopic (exact) mass is 251 g/mol. The molecule has 4 heteroatoms. The van der Waals surface area contributed by atoms with Crippen LogP contribution in [0.1, 0.15) is 46.2 Å². The van der Waals surface area contributed by atoms with E-state index in [9.17, 15) is 0 Å². The summed E-state index contributed by atoms with van der Waals surface area (Å²) in [6.45, 7) is 12.1. The van der Waals surface area contributed by atoms with Crippen LogP contribution in [-0.2, 0) is 4.74 Å². The fourth-order valence-corrected chi connectivity index (χ4v) is 1.60. The van der Waals surface area contributed by atoms with Gasteiger partial charge in [-0.1, -0.05) is 27.7 Å². The van der Waals surface area contributed by atoms with Gasteiger partial charge < -0.3 is 10.1 Å². The Morgan fingerprint density at radius 3 is 2.50 bits per heavy atom. The molecule has 0 radical (unpaired) electrons. The highest BCUT2D eigenvalue weighted by molar-refractivity contribution is 5.37. The van der Waals surface area contributed by atoms with Gasteiger partial charge in [0.2, 0.25) is 0 Å². The molecule has 0 fully saturated rings. The molecule has 1 N–H and O–H groups in total. The van der Waals surface area contributed by atoms with Crippen LogP contribution in [-0.4, -0.2) is 29.2 Å². The van der Waals surface area contributed by atoms with Gasteiger partial charge in [-0.25, -0.2) is 9.97 Å². The molecule has 18 heavy (non-hydrogen) atoms. The van der Waals surface area contributed by atoms with Crippen molar-refractivity contribution in [3.8, 4) is 0 Å². The molecular formula is C14H25N3O. The van der Waals surface area contributed by atoms with E-state index >= 15 is 0 Å². The molecule has 0 spiro atoms. The number of nitrogens with one attached hydrogen (secondary N) is 1. The molecule has 1 aromatic rings. The number of hydrogen-bond donors (Lipinski definition) is 1. The molecule has 0 saturated heterocycles. The lowest BCUT2D eigenvalue weighted by Gasteiger charge is -2.22. The molecule has 0 aliphatic heterocycles. The number of hydrogen-bond acceptors (Lipinski definition) is 4. The Morgan fingerprint density at radius 2 is 1.94 bits per heavy atom. The summed E-state index contributed by atoms with van der Waals surface area (Å²) in [6.07, 6.45) is 1.62. The highest BCUT2D eigenvalue weighted by Gasteiger charge is 2.14. The van der Waals surface area contributed by atoms with Crippen molar-refractivity contribution in [1.82, 2.24) is 9.97 Å². The Labute approximate surface area is 110 Å². The summed E-state index contributed by atoms with van der Waals surface area (Å²) >= 11 is 0. The highest BCUT2D eigenvalue weighted by Crippen LogP contribution is 2.16. The minimum absolute atomic E-state index is 0.278. The third kappa shape index (κ3) is 4.61. The van der Waals surface area contributed by atoms with Crippen LogP contribution in [0, 0.1) is 5.92 Å². The largest absolute Gasteiger partial charge is 0.380 e. The quantitative estimate of drug-likeness (QED) is 0.809. The topological polar surface area (TPSA) is 47.0 Å². The third-order valence-electron chi connectivity index (χ3n) is 2.92. The molecule has 0 saturated carbocycles. The lowest BCUT2D eigenvalue weighted by molar-refractivity contribution is 0.126. The Balaban J connectivity index is 2.70. The van der Waals surface area contributed by atoms with Crippen molar-refractivity contribution < 1.29 is 4.74 Å². The Bertz CT molecular complexity index is 353. The van der Waals surface area contributed by atoms with E-state index in [0.29, 0.717) is 18.4 Å². The van der Waals surface area contributed by atoms with Crippen LogP contribution in [0.5, 0.6) is 0 Å².